The van der Waals surface area contributed by atoms with Crippen LogP contribution in [0.1, 0.15) is 24.3 Å². The van der Waals surface area contributed by atoms with Crippen LogP contribution in [0.25, 0.3) is 11.0 Å². The van der Waals surface area contributed by atoms with Crippen molar-refractivity contribution in [3.63, 3.8) is 0 Å². The molecule has 0 spiro atoms. The van der Waals surface area contributed by atoms with E-state index in [9.17, 15) is 0 Å². The minimum absolute atomic E-state index is 0.760. The molecule has 13 heavy (non-hydrogen) atoms. The highest BCUT2D eigenvalue weighted by atomic mass is 79.9. The molecular formula is C11H9BrO. The smallest absolute Gasteiger partial charge is 0.148 e. The Balaban J connectivity index is 2.32. The summed E-state index contributed by atoms with van der Waals surface area (Å²) in [4.78, 5) is 0. The molecule has 0 unspecified atom stereocenters. The van der Waals surface area contributed by atoms with Gasteiger partial charge in [-0.05, 0) is 40.8 Å². The van der Waals surface area contributed by atoms with Gasteiger partial charge in [0.2, 0.25) is 0 Å². The van der Waals surface area contributed by atoms with E-state index in [4.69, 9.17) is 4.42 Å². The summed E-state index contributed by atoms with van der Waals surface area (Å²) in [7, 11) is 0. The Labute approximate surface area is 84.9 Å². The molecule has 1 aliphatic carbocycles. The van der Waals surface area contributed by atoms with E-state index in [-0.39, 0.29) is 0 Å². The van der Waals surface area contributed by atoms with E-state index in [0.29, 0.717) is 0 Å². The third kappa shape index (κ3) is 1.12. The molecule has 0 N–H and O–H groups in total. The molecule has 1 saturated carbocycles. The molecule has 1 aromatic carbocycles. The molecule has 0 bridgehead atoms. The molecule has 1 fully saturated rings. The van der Waals surface area contributed by atoms with Gasteiger partial charge in [-0.25, -0.2) is 0 Å². The largest absolute Gasteiger partial charge is 0.463 e. The van der Waals surface area contributed by atoms with Crippen molar-refractivity contribution >= 4 is 26.9 Å². The molecule has 2 aromatic rings. The second kappa shape index (κ2) is 2.61. The summed E-state index contributed by atoms with van der Waals surface area (Å²) in [5.41, 5.74) is 2.38. The molecule has 3 rings (SSSR count). The zero-order valence-corrected chi connectivity index (χ0v) is 8.67. The van der Waals surface area contributed by atoms with Crippen LogP contribution in [-0.2, 0) is 0 Å². The van der Waals surface area contributed by atoms with Gasteiger partial charge in [-0.2, -0.15) is 0 Å². The van der Waals surface area contributed by atoms with E-state index in [1.807, 2.05) is 12.3 Å². The van der Waals surface area contributed by atoms with Gasteiger partial charge >= 0.3 is 0 Å². The maximum absolute atomic E-state index is 5.53. The van der Waals surface area contributed by atoms with Crippen molar-refractivity contribution in [2.24, 2.45) is 0 Å². The van der Waals surface area contributed by atoms with E-state index < -0.39 is 0 Å². The van der Waals surface area contributed by atoms with Crippen LogP contribution in [0.15, 0.2) is 33.4 Å². The lowest BCUT2D eigenvalue weighted by Crippen LogP contribution is -1.74. The minimum atomic E-state index is 0.760. The first-order valence-corrected chi connectivity index (χ1v) is 5.31. The highest BCUT2D eigenvalue weighted by molar-refractivity contribution is 9.10. The average molecular weight is 237 g/mol. The van der Waals surface area contributed by atoms with Crippen LogP contribution >= 0.6 is 15.9 Å². The first-order chi connectivity index (χ1) is 6.36. The number of hydrogen-bond acceptors (Lipinski definition) is 1. The fourth-order valence-corrected chi connectivity index (χ4v) is 2.21. The van der Waals surface area contributed by atoms with Crippen molar-refractivity contribution in [3.8, 4) is 0 Å². The normalized spacial score (nSPS) is 16.7. The van der Waals surface area contributed by atoms with E-state index in [2.05, 4.69) is 28.1 Å². The van der Waals surface area contributed by atoms with Gasteiger partial charge in [0, 0.05) is 10.9 Å². The number of para-hydroxylation sites is 1. The fourth-order valence-electron chi connectivity index (χ4n) is 1.75. The van der Waals surface area contributed by atoms with Crippen LogP contribution < -0.4 is 0 Å². The summed E-state index contributed by atoms with van der Waals surface area (Å²) in [6.45, 7) is 0. The number of rotatable bonds is 1. The number of halogens is 1. The standard InChI is InChI=1S/C11H9BrO/c12-10-3-1-2-8-9(7-4-5-7)6-13-11(8)10/h1-3,6-7H,4-5H2. The van der Waals surface area contributed by atoms with Crippen LogP contribution in [0.4, 0.5) is 0 Å². The lowest BCUT2D eigenvalue weighted by molar-refractivity contribution is 0.609. The highest BCUT2D eigenvalue weighted by Gasteiger charge is 2.27. The van der Waals surface area contributed by atoms with Crippen LogP contribution in [0.5, 0.6) is 0 Å². The molecule has 0 amide bonds. The van der Waals surface area contributed by atoms with Crippen molar-refractivity contribution in [1.82, 2.24) is 0 Å². The van der Waals surface area contributed by atoms with Crippen molar-refractivity contribution < 1.29 is 4.42 Å². The maximum Gasteiger partial charge on any atom is 0.148 e. The Bertz CT molecular complexity index is 454. The monoisotopic (exact) mass is 236 g/mol. The van der Waals surface area contributed by atoms with Crippen molar-refractivity contribution in [1.29, 1.82) is 0 Å². The topological polar surface area (TPSA) is 13.1 Å². The molecule has 66 valence electrons. The van der Waals surface area contributed by atoms with E-state index in [1.54, 1.807) is 0 Å². The molecule has 0 atom stereocenters. The second-order valence-electron chi connectivity index (χ2n) is 3.58. The summed E-state index contributed by atoms with van der Waals surface area (Å²) in [5, 5.41) is 1.27. The molecule has 0 radical (unpaired) electrons. The summed E-state index contributed by atoms with van der Waals surface area (Å²) < 4.78 is 6.59. The van der Waals surface area contributed by atoms with Crippen LogP contribution in [0.2, 0.25) is 0 Å². The minimum Gasteiger partial charge on any atom is -0.463 e. The van der Waals surface area contributed by atoms with Gasteiger partial charge in [0.1, 0.15) is 5.58 Å². The van der Waals surface area contributed by atoms with Gasteiger partial charge < -0.3 is 4.42 Å². The lowest BCUT2D eigenvalue weighted by Gasteiger charge is -1.93. The maximum atomic E-state index is 5.53. The molecular weight excluding hydrogens is 228 g/mol. The van der Waals surface area contributed by atoms with Crippen molar-refractivity contribution in [2.45, 2.75) is 18.8 Å². The highest BCUT2D eigenvalue weighted by Crippen LogP contribution is 2.44. The third-order valence-electron chi connectivity index (χ3n) is 2.60. The number of fused-ring (bicyclic) bond motifs is 1. The molecule has 1 nitrogen and oxygen atoms in total. The number of benzene rings is 1. The van der Waals surface area contributed by atoms with Crippen molar-refractivity contribution in [2.75, 3.05) is 0 Å². The summed E-state index contributed by atoms with van der Waals surface area (Å²) in [6, 6.07) is 6.22. The zero-order chi connectivity index (χ0) is 8.84. The van der Waals surface area contributed by atoms with Gasteiger partial charge in [-0.1, -0.05) is 12.1 Å². The Kier molecular flexibility index (Phi) is 1.53. The van der Waals surface area contributed by atoms with Gasteiger partial charge in [0.05, 0.1) is 10.7 Å². The Hall–Kier alpha value is -0.760. The lowest BCUT2D eigenvalue weighted by atomic mass is 10.1. The molecule has 1 heterocycles. The predicted octanol–water partition coefficient (Wildman–Crippen LogP) is 4.07. The van der Waals surface area contributed by atoms with E-state index in [1.165, 1.54) is 23.8 Å². The number of hydrogen-bond donors (Lipinski definition) is 0. The molecule has 2 heteroatoms. The predicted molar refractivity (Wildman–Crippen MR) is 55.9 cm³/mol. The molecule has 0 saturated heterocycles. The first kappa shape index (κ1) is 7.63. The van der Waals surface area contributed by atoms with Gasteiger partial charge in [-0.3, -0.25) is 0 Å². The van der Waals surface area contributed by atoms with Crippen LogP contribution in [0.3, 0.4) is 0 Å². The summed E-state index contributed by atoms with van der Waals surface area (Å²) in [6.07, 6.45) is 4.55. The average Bonchev–Trinajstić information content (AvgIpc) is 2.87. The SMILES string of the molecule is Brc1cccc2c(C3CC3)coc12. The quantitative estimate of drug-likeness (QED) is 0.728. The molecule has 0 aliphatic heterocycles. The van der Waals surface area contributed by atoms with E-state index >= 15 is 0 Å². The molecule has 1 aliphatic rings. The fraction of sp³-hybridized carbons (Fsp3) is 0.273. The van der Waals surface area contributed by atoms with Gasteiger partial charge in [0.25, 0.3) is 0 Å². The zero-order valence-electron chi connectivity index (χ0n) is 7.09. The summed E-state index contributed by atoms with van der Waals surface area (Å²) in [5.74, 6) is 0.760. The van der Waals surface area contributed by atoms with Crippen molar-refractivity contribution in [3.05, 3.63) is 34.5 Å². The molecule has 1 aromatic heterocycles. The Morgan fingerprint density at radius 3 is 2.92 bits per heavy atom. The Morgan fingerprint density at radius 2 is 2.15 bits per heavy atom. The van der Waals surface area contributed by atoms with Crippen LogP contribution in [0, 0.1) is 0 Å². The van der Waals surface area contributed by atoms with Gasteiger partial charge in [0.15, 0.2) is 0 Å². The third-order valence-corrected chi connectivity index (χ3v) is 3.22. The number of furan rings is 1. The van der Waals surface area contributed by atoms with Gasteiger partial charge in [-0.15, -0.1) is 0 Å². The summed E-state index contributed by atoms with van der Waals surface area (Å²) >= 11 is 3.49. The van der Waals surface area contributed by atoms with Crippen LogP contribution in [-0.4, -0.2) is 0 Å². The first-order valence-electron chi connectivity index (χ1n) is 4.52. The Morgan fingerprint density at radius 1 is 1.31 bits per heavy atom. The second-order valence-corrected chi connectivity index (χ2v) is 4.44. The van der Waals surface area contributed by atoms with E-state index in [0.717, 1.165) is 16.0 Å².